The number of carbonyl (C=O) groups is 2. The fraction of sp³-hybridized carbons (Fsp3) is 0.312. The smallest absolute Gasteiger partial charge is 0.459 e. The number of benzene rings is 3. The number of fused-ring (bicyclic) bond motifs is 1. The van der Waals surface area contributed by atoms with E-state index in [0.29, 0.717) is 6.42 Å². The molecule has 10 heteroatoms. The average molecular weight is 591 g/mol. The van der Waals surface area contributed by atoms with E-state index in [1.807, 2.05) is 105 Å². The predicted octanol–water partition coefficient (Wildman–Crippen LogP) is 5.48. The summed E-state index contributed by atoms with van der Waals surface area (Å²) >= 11 is 0. The summed E-state index contributed by atoms with van der Waals surface area (Å²) < 4.78 is 17.6. The summed E-state index contributed by atoms with van der Waals surface area (Å²) in [5, 5.41) is 5.09. The van der Waals surface area contributed by atoms with Gasteiger partial charge in [-0.1, -0.05) is 92.7 Å². The SMILES string of the molecule is CC(C)C[C@@H](C(=O)N[C@@H](Cc1c[nH]c2ccccc12)C(=O)OCc1ccccc1)N(C[P+](=O)O)OCc1ccccc1. The van der Waals surface area contributed by atoms with Gasteiger partial charge >= 0.3 is 14.0 Å². The summed E-state index contributed by atoms with van der Waals surface area (Å²) in [4.78, 5) is 46.2. The quantitative estimate of drug-likeness (QED) is 0.0953. The second-order valence-electron chi connectivity index (χ2n) is 10.5. The van der Waals surface area contributed by atoms with Crippen LogP contribution in [0.25, 0.3) is 10.9 Å². The third-order valence-corrected chi connectivity index (χ3v) is 7.29. The standard InChI is InChI=1S/C32H36N3O6P/c1-23(2)17-30(35(22-42(38)39)41-21-25-13-7-4-8-14-25)31(36)34-29(32(37)40-20-24-11-5-3-6-12-24)18-26-19-33-28-16-10-9-15-27(26)28/h3-16,19,23,29-30,33H,17-18,20-22H2,1-2H3,(H-,34,36,38,39)/p+1/t29-,30-/m0/s1. The number of amides is 1. The molecule has 3 atom stereocenters. The molecule has 0 spiro atoms. The first-order chi connectivity index (χ1) is 20.3. The Balaban J connectivity index is 1.57. The number of para-hydroxylation sites is 1. The summed E-state index contributed by atoms with van der Waals surface area (Å²) in [5.74, 6) is -1.02. The van der Waals surface area contributed by atoms with Crippen LogP contribution in [0.1, 0.15) is 37.0 Å². The van der Waals surface area contributed by atoms with Gasteiger partial charge in [-0.3, -0.25) is 9.63 Å². The minimum atomic E-state index is -2.64. The van der Waals surface area contributed by atoms with Crippen molar-refractivity contribution in [2.45, 2.75) is 52.0 Å². The van der Waals surface area contributed by atoms with Gasteiger partial charge in [0.1, 0.15) is 18.7 Å². The molecule has 0 aliphatic rings. The van der Waals surface area contributed by atoms with Gasteiger partial charge in [-0.2, -0.15) is 4.89 Å². The zero-order chi connectivity index (χ0) is 29.9. The van der Waals surface area contributed by atoms with Gasteiger partial charge in [0, 0.05) is 23.5 Å². The molecular formula is C32H37N3O6P+. The van der Waals surface area contributed by atoms with E-state index >= 15 is 0 Å². The number of esters is 1. The van der Waals surface area contributed by atoms with Crippen LogP contribution in [0, 0.1) is 5.92 Å². The molecule has 1 aromatic heterocycles. The van der Waals surface area contributed by atoms with Crippen LogP contribution in [-0.2, 0) is 43.4 Å². The van der Waals surface area contributed by atoms with Crippen molar-refractivity contribution in [2.24, 2.45) is 5.92 Å². The normalized spacial score (nSPS) is 13.2. The van der Waals surface area contributed by atoms with Gasteiger partial charge in [0.25, 0.3) is 6.29 Å². The maximum absolute atomic E-state index is 13.9. The van der Waals surface area contributed by atoms with Crippen LogP contribution < -0.4 is 5.32 Å². The van der Waals surface area contributed by atoms with Gasteiger partial charge < -0.3 is 15.0 Å². The van der Waals surface area contributed by atoms with E-state index in [1.54, 1.807) is 0 Å². The number of nitrogens with one attached hydrogen (secondary N) is 2. The lowest BCUT2D eigenvalue weighted by molar-refractivity contribution is -0.193. The molecule has 4 rings (SSSR count). The maximum Gasteiger partial charge on any atom is 0.523 e. The van der Waals surface area contributed by atoms with Crippen molar-refractivity contribution in [1.29, 1.82) is 0 Å². The molecule has 0 aliphatic carbocycles. The molecule has 3 N–H and O–H groups in total. The molecule has 0 aliphatic heterocycles. The van der Waals surface area contributed by atoms with Crippen molar-refractivity contribution < 1.29 is 28.6 Å². The lowest BCUT2D eigenvalue weighted by Gasteiger charge is -2.29. The van der Waals surface area contributed by atoms with E-state index in [2.05, 4.69) is 10.3 Å². The highest BCUT2D eigenvalue weighted by atomic mass is 31.1. The first kappa shape index (κ1) is 31.1. The van der Waals surface area contributed by atoms with E-state index in [9.17, 15) is 19.0 Å². The highest BCUT2D eigenvalue weighted by Gasteiger charge is 2.36. The van der Waals surface area contributed by atoms with Crippen molar-refractivity contribution >= 4 is 30.8 Å². The number of hydroxylamine groups is 2. The van der Waals surface area contributed by atoms with Crippen LogP contribution in [0.5, 0.6) is 0 Å². The Morgan fingerprint density at radius 3 is 2.19 bits per heavy atom. The number of nitrogens with zero attached hydrogens (tertiary/aromatic N) is 1. The number of carbonyl (C=O) groups excluding carboxylic acids is 2. The molecule has 0 bridgehead atoms. The van der Waals surface area contributed by atoms with Crippen molar-refractivity contribution in [3.63, 3.8) is 0 Å². The van der Waals surface area contributed by atoms with Crippen molar-refractivity contribution in [1.82, 2.24) is 15.4 Å². The molecule has 9 nitrogen and oxygen atoms in total. The first-order valence-corrected chi connectivity index (χ1v) is 15.3. The molecule has 42 heavy (non-hydrogen) atoms. The summed E-state index contributed by atoms with van der Waals surface area (Å²) in [5.41, 5.74) is 3.44. The molecule has 0 fully saturated rings. The molecule has 4 aromatic rings. The van der Waals surface area contributed by atoms with E-state index < -0.39 is 32.0 Å². The third kappa shape index (κ3) is 9.06. The van der Waals surface area contributed by atoms with Crippen molar-refractivity contribution in [3.8, 4) is 0 Å². The zero-order valence-corrected chi connectivity index (χ0v) is 24.7. The fourth-order valence-corrected chi connectivity index (χ4v) is 5.21. The van der Waals surface area contributed by atoms with Gasteiger partial charge in [0.05, 0.1) is 6.61 Å². The minimum Gasteiger partial charge on any atom is -0.459 e. The van der Waals surface area contributed by atoms with Crippen LogP contribution in [-0.4, -0.2) is 45.2 Å². The monoisotopic (exact) mass is 590 g/mol. The summed E-state index contributed by atoms with van der Waals surface area (Å²) in [6.07, 6.45) is 1.99. The fourth-order valence-electron chi connectivity index (χ4n) is 4.69. The summed E-state index contributed by atoms with van der Waals surface area (Å²) in [6, 6.07) is 24.5. The Bertz CT molecular complexity index is 1460. The Morgan fingerprint density at radius 1 is 0.929 bits per heavy atom. The summed E-state index contributed by atoms with van der Waals surface area (Å²) in [7, 11) is -2.64. The zero-order valence-electron chi connectivity index (χ0n) is 23.8. The number of H-pyrrole nitrogens is 1. The van der Waals surface area contributed by atoms with Gasteiger partial charge in [-0.25, -0.2) is 4.79 Å². The Morgan fingerprint density at radius 2 is 1.55 bits per heavy atom. The van der Waals surface area contributed by atoms with Crippen LogP contribution >= 0.6 is 8.03 Å². The lowest BCUT2D eigenvalue weighted by atomic mass is 10.0. The lowest BCUT2D eigenvalue weighted by Crippen LogP contribution is -2.53. The van der Waals surface area contributed by atoms with Gasteiger partial charge in [-0.05, 0) is 39.7 Å². The Hall–Kier alpha value is -3.88. The Kier molecular flexibility index (Phi) is 11.4. The third-order valence-electron chi connectivity index (χ3n) is 6.77. The van der Waals surface area contributed by atoms with Crippen molar-refractivity contribution in [2.75, 3.05) is 6.29 Å². The van der Waals surface area contributed by atoms with E-state index in [0.717, 1.165) is 27.6 Å². The van der Waals surface area contributed by atoms with Crippen molar-refractivity contribution in [3.05, 3.63) is 108 Å². The molecule has 220 valence electrons. The van der Waals surface area contributed by atoms with Crippen LogP contribution in [0.4, 0.5) is 0 Å². The number of rotatable bonds is 15. The first-order valence-electron chi connectivity index (χ1n) is 13.9. The van der Waals surface area contributed by atoms with Gasteiger partial charge in [-0.15, -0.1) is 5.06 Å². The molecule has 1 heterocycles. The van der Waals surface area contributed by atoms with Crippen LogP contribution in [0.3, 0.4) is 0 Å². The molecule has 3 aromatic carbocycles. The molecule has 1 unspecified atom stereocenters. The molecular weight excluding hydrogens is 553 g/mol. The minimum absolute atomic E-state index is 0.0530. The number of ether oxygens (including phenoxy) is 1. The average Bonchev–Trinajstić information content (AvgIpc) is 3.40. The summed E-state index contributed by atoms with van der Waals surface area (Å²) in [6.45, 7) is 4.08. The predicted molar refractivity (Wildman–Crippen MR) is 161 cm³/mol. The molecule has 1 amide bonds. The van der Waals surface area contributed by atoms with E-state index in [1.165, 1.54) is 5.06 Å². The topological polar surface area (TPSA) is 121 Å². The van der Waals surface area contributed by atoms with Gasteiger partial charge in [0.2, 0.25) is 5.91 Å². The second-order valence-corrected chi connectivity index (χ2v) is 11.5. The number of hydrogen-bond donors (Lipinski definition) is 3. The van der Waals surface area contributed by atoms with E-state index in [-0.39, 0.29) is 31.8 Å². The van der Waals surface area contributed by atoms with E-state index in [4.69, 9.17) is 9.57 Å². The highest BCUT2D eigenvalue weighted by Crippen LogP contribution is 2.24. The maximum atomic E-state index is 13.9. The van der Waals surface area contributed by atoms with Gasteiger partial charge in [0.15, 0.2) is 0 Å². The highest BCUT2D eigenvalue weighted by molar-refractivity contribution is 7.37. The molecule has 0 saturated carbocycles. The number of aromatic nitrogens is 1. The number of hydrogen-bond acceptors (Lipinski definition) is 6. The second kappa shape index (κ2) is 15.4. The Labute approximate surface area is 246 Å². The number of aromatic amines is 1. The van der Waals surface area contributed by atoms with Crippen LogP contribution in [0.2, 0.25) is 0 Å². The largest absolute Gasteiger partial charge is 0.523 e. The van der Waals surface area contributed by atoms with Crippen LogP contribution in [0.15, 0.2) is 91.1 Å². The molecule has 0 radical (unpaired) electrons. The molecule has 0 saturated heterocycles.